The van der Waals surface area contributed by atoms with Crippen molar-refractivity contribution in [2.75, 3.05) is 0 Å². The molecule has 0 bridgehead atoms. The van der Waals surface area contributed by atoms with Crippen molar-refractivity contribution in [3.8, 4) is 5.69 Å². The Hall–Kier alpha value is -1.07. The van der Waals surface area contributed by atoms with Gasteiger partial charge in [0.15, 0.2) is 0 Å². The summed E-state index contributed by atoms with van der Waals surface area (Å²) in [6, 6.07) is 15.4. The Labute approximate surface area is 136 Å². The average molecular weight is 313 g/mol. The van der Waals surface area contributed by atoms with Gasteiger partial charge >= 0.3 is 0 Å². The summed E-state index contributed by atoms with van der Waals surface area (Å²) in [4.78, 5) is 0. The third-order valence-electron chi connectivity index (χ3n) is 5.03. The zero-order chi connectivity index (χ0) is 15.8. The maximum absolute atomic E-state index is 2.49. The maximum atomic E-state index is 2.49. The first-order chi connectivity index (χ1) is 10.4. The highest BCUT2D eigenvalue weighted by Gasteiger charge is 2.43. The molecule has 0 N–H and O–H groups in total. The summed E-state index contributed by atoms with van der Waals surface area (Å²) in [7, 11) is -0.224. The SMILES string of the molecule is CC1(C)CCCCC(C)(C)P1c1cccn1-c1ccccc1. The van der Waals surface area contributed by atoms with Crippen LogP contribution in [0, 0.1) is 0 Å². The van der Waals surface area contributed by atoms with Crippen LogP contribution in [-0.2, 0) is 0 Å². The molecule has 1 aromatic carbocycles. The van der Waals surface area contributed by atoms with E-state index in [1.54, 1.807) is 0 Å². The molecule has 1 saturated heterocycles. The van der Waals surface area contributed by atoms with E-state index in [0.29, 0.717) is 10.3 Å². The van der Waals surface area contributed by atoms with E-state index >= 15 is 0 Å². The number of rotatable bonds is 2. The van der Waals surface area contributed by atoms with Crippen LogP contribution in [0.25, 0.3) is 5.69 Å². The Morgan fingerprint density at radius 2 is 1.41 bits per heavy atom. The van der Waals surface area contributed by atoms with Crippen LogP contribution in [0.2, 0.25) is 0 Å². The molecule has 3 rings (SSSR count). The molecule has 0 aliphatic carbocycles. The van der Waals surface area contributed by atoms with E-state index in [1.807, 2.05) is 0 Å². The molecule has 1 nitrogen and oxygen atoms in total. The van der Waals surface area contributed by atoms with Gasteiger partial charge in [0.05, 0.1) is 0 Å². The second-order valence-electron chi connectivity index (χ2n) is 7.74. The first-order valence-electron chi connectivity index (χ1n) is 8.45. The van der Waals surface area contributed by atoms with Crippen molar-refractivity contribution < 1.29 is 0 Å². The van der Waals surface area contributed by atoms with Gasteiger partial charge in [-0.3, -0.25) is 0 Å². The quantitative estimate of drug-likeness (QED) is 0.625. The van der Waals surface area contributed by atoms with Crippen molar-refractivity contribution in [3.05, 3.63) is 48.7 Å². The molecule has 1 aliphatic heterocycles. The van der Waals surface area contributed by atoms with Gasteiger partial charge < -0.3 is 4.57 Å². The largest absolute Gasteiger partial charge is 0.317 e. The first-order valence-corrected chi connectivity index (χ1v) is 9.79. The molecule has 2 heteroatoms. The minimum absolute atomic E-state index is 0.224. The number of nitrogens with zero attached hydrogens (tertiary/aromatic N) is 1. The highest BCUT2D eigenvalue weighted by molar-refractivity contribution is 7.68. The second-order valence-corrected chi connectivity index (χ2v) is 11.3. The maximum Gasteiger partial charge on any atom is 0.0469 e. The molecule has 1 aromatic heterocycles. The van der Waals surface area contributed by atoms with Crippen LogP contribution in [0.3, 0.4) is 0 Å². The van der Waals surface area contributed by atoms with Crippen molar-refractivity contribution in [1.29, 1.82) is 0 Å². The molecule has 2 heterocycles. The number of benzene rings is 1. The van der Waals surface area contributed by atoms with Crippen molar-refractivity contribution in [1.82, 2.24) is 4.57 Å². The van der Waals surface area contributed by atoms with Crippen LogP contribution < -0.4 is 5.44 Å². The minimum Gasteiger partial charge on any atom is -0.317 e. The summed E-state index contributed by atoms with van der Waals surface area (Å²) in [5.41, 5.74) is 2.83. The van der Waals surface area contributed by atoms with Gasteiger partial charge in [0, 0.05) is 17.3 Å². The highest BCUT2D eigenvalue weighted by Crippen LogP contribution is 2.63. The molecule has 118 valence electrons. The number of para-hydroxylation sites is 1. The Balaban J connectivity index is 2.11. The summed E-state index contributed by atoms with van der Waals surface area (Å²) in [5, 5.41) is 0.806. The third kappa shape index (κ3) is 2.88. The first kappa shape index (κ1) is 15.8. The molecule has 0 radical (unpaired) electrons. The Morgan fingerprint density at radius 1 is 0.818 bits per heavy atom. The Bertz CT molecular complexity index is 606. The predicted octanol–water partition coefficient (Wildman–Crippen LogP) is 5.72. The summed E-state index contributed by atoms with van der Waals surface area (Å²) < 4.78 is 2.43. The van der Waals surface area contributed by atoms with Crippen LogP contribution in [0.15, 0.2) is 48.7 Å². The standard InChI is InChI=1S/C20H28NP/c1-19(2)14-8-9-15-20(3,4)22(19)18-13-10-16-21(18)17-11-6-5-7-12-17/h5-7,10-13,16H,8-9,14-15H2,1-4H3. The zero-order valence-electron chi connectivity index (χ0n) is 14.3. The topological polar surface area (TPSA) is 4.93 Å². The molecule has 1 aliphatic rings. The van der Waals surface area contributed by atoms with Crippen molar-refractivity contribution in [2.45, 2.75) is 63.7 Å². The molecule has 0 atom stereocenters. The molecule has 0 unspecified atom stereocenters. The number of hydrogen-bond acceptors (Lipinski definition) is 0. The molecule has 0 saturated carbocycles. The smallest absolute Gasteiger partial charge is 0.0469 e. The lowest BCUT2D eigenvalue weighted by atomic mass is 10.0. The van der Waals surface area contributed by atoms with Gasteiger partial charge in [-0.15, -0.1) is 0 Å². The fourth-order valence-electron chi connectivity index (χ4n) is 4.14. The Morgan fingerprint density at radius 3 is 2.00 bits per heavy atom. The summed E-state index contributed by atoms with van der Waals surface area (Å²) in [5.74, 6) is 0. The lowest BCUT2D eigenvalue weighted by molar-refractivity contribution is 0.563. The summed E-state index contributed by atoms with van der Waals surface area (Å²) in [6.07, 6.45) is 7.69. The molecular formula is C20H28NP. The van der Waals surface area contributed by atoms with Gasteiger partial charge in [-0.2, -0.15) is 0 Å². The fourth-order valence-corrected chi connectivity index (χ4v) is 8.41. The normalized spacial score (nSPS) is 21.5. The van der Waals surface area contributed by atoms with Gasteiger partial charge in [-0.05, 0) is 55.3 Å². The van der Waals surface area contributed by atoms with E-state index in [-0.39, 0.29) is 7.92 Å². The van der Waals surface area contributed by atoms with E-state index in [2.05, 4.69) is 80.9 Å². The van der Waals surface area contributed by atoms with Crippen molar-refractivity contribution >= 4 is 13.4 Å². The highest BCUT2D eigenvalue weighted by atomic mass is 31.1. The molecule has 0 amide bonds. The third-order valence-corrected chi connectivity index (χ3v) is 8.72. The monoisotopic (exact) mass is 313 g/mol. The molecule has 2 aromatic rings. The van der Waals surface area contributed by atoms with Crippen molar-refractivity contribution in [2.24, 2.45) is 0 Å². The lowest BCUT2D eigenvalue weighted by Gasteiger charge is -2.44. The second kappa shape index (κ2) is 5.85. The van der Waals surface area contributed by atoms with Gasteiger partial charge in [0.1, 0.15) is 0 Å². The van der Waals surface area contributed by atoms with Gasteiger partial charge in [0.2, 0.25) is 0 Å². The fraction of sp³-hybridized carbons (Fsp3) is 0.500. The minimum atomic E-state index is -0.224. The van der Waals surface area contributed by atoms with Crippen LogP contribution >= 0.6 is 7.92 Å². The summed E-state index contributed by atoms with van der Waals surface area (Å²) >= 11 is 0. The molecule has 1 fully saturated rings. The van der Waals surface area contributed by atoms with Gasteiger partial charge in [-0.25, -0.2) is 0 Å². The van der Waals surface area contributed by atoms with Gasteiger partial charge in [0.25, 0.3) is 0 Å². The van der Waals surface area contributed by atoms with Gasteiger partial charge in [-0.1, -0.05) is 58.7 Å². The van der Waals surface area contributed by atoms with Crippen LogP contribution in [0.4, 0.5) is 0 Å². The van der Waals surface area contributed by atoms with E-state index in [1.165, 1.54) is 36.8 Å². The number of hydrogen-bond donors (Lipinski definition) is 0. The number of aromatic nitrogens is 1. The van der Waals surface area contributed by atoms with E-state index in [0.717, 1.165) is 0 Å². The predicted molar refractivity (Wildman–Crippen MR) is 98.9 cm³/mol. The lowest BCUT2D eigenvalue weighted by Crippen LogP contribution is -2.35. The molecule has 0 spiro atoms. The van der Waals surface area contributed by atoms with Crippen LogP contribution in [-0.4, -0.2) is 14.9 Å². The van der Waals surface area contributed by atoms with Crippen LogP contribution in [0.1, 0.15) is 53.4 Å². The summed E-state index contributed by atoms with van der Waals surface area (Å²) in [6.45, 7) is 9.98. The zero-order valence-corrected chi connectivity index (χ0v) is 15.2. The molecule has 22 heavy (non-hydrogen) atoms. The van der Waals surface area contributed by atoms with E-state index < -0.39 is 0 Å². The van der Waals surface area contributed by atoms with E-state index in [4.69, 9.17) is 0 Å². The average Bonchev–Trinajstić information content (AvgIpc) is 2.89. The van der Waals surface area contributed by atoms with Crippen LogP contribution in [0.5, 0.6) is 0 Å². The van der Waals surface area contributed by atoms with Crippen molar-refractivity contribution in [3.63, 3.8) is 0 Å². The Kier molecular flexibility index (Phi) is 4.21. The molecular weight excluding hydrogens is 285 g/mol. The van der Waals surface area contributed by atoms with E-state index in [9.17, 15) is 0 Å².